The van der Waals surface area contributed by atoms with Crippen LogP contribution in [0.15, 0.2) is 48.8 Å². The zero-order valence-electron chi connectivity index (χ0n) is 9.99. The molecule has 0 radical (unpaired) electrons. The van der Waals surface area contributed by atoms with Crippen molar-refractivity contribution >= 4 is 5.91 Å². The van der Waals surface area contributed by atoms with E-state index in [1.165, 1.54) is 5.56 Å². The van der Waals surface area contributed by atoms with E-state index in [1.807, 2.05) is 24.3 Å². The van der Waals surface area contributed by atoms with E-state index in [0.29, 0.717) is 12.5 Å². The molecule has 2 atom stereocenters. The molecule has 1 amide bonds. The van der Waals surface area contributed by atoms with Gasteiger partial charge >= 0.3 is 0 Å². The quantitative estimate of drug-likeness (QED) is 0.883. The third-order valence-electron chi connectivity index (χ3n) is 3.23. The van der Waals surface area contributed by atoms with E-state index in [1.54, 1.807) is 17.1 Å². The molecule has 1 aliphatic rings. The fourth-order valence-corrected chi connectivity index (χ4v) is 2.22. The van der Waals surface area contributed by atoms with Gasteiger partial charge in [-0.1, -0.05) is 30.3 Å². The van der Waals surface area contributed by atoms with Gasteiger partial charge < -0.3 is 5.32 Å². The number of benzene rings is 1. The minimum atomic E-state index is 0.0298. The van der Waals surface area contributed by atoms with Gasteiger partial charge in [-0.15, -0.1) is 0 Å². The van der Waals surface area contributed by atoms with Gasteiger partial charge in [-0.05, 0) is 18.1 Å². The van der Waals surface area contributed by atoms with E-state index in [0.717, 1.165) is 6.42 Å². The van der Waals surface area contributed by atoms with Crippen LogP contribution in [-0.4, -0.2) is 21.7 Å². The molecular weight excluding hydrogens is 226 g/mol. The Morgan fingerprint density at radius 1 is 1.33 bits per heavy atom. The molecule has 0 saturated heterocycles. The second-order valence-electron chi connectivity index (χ2n) is 4.63. The lowest BCUT2D eigenvalue weighted by atomic mass is 10.1. The van der Waals surface area contributed by atoms with Crippen molar-refractivity contribution in [2.75, 3.05) is 0 Å². The van der Waals surface area contributed by atoms with Gasteiger partial charge in [-0.2, -0.15) is 5.10 Å². The highest BCUT2D eigenvalue weighted by Crippen LogP contribution is 2.40. The average Bonchev–Trinajstić information content (AvgIpc) is 2.95. The summed E-state index contributed by atoms with van der Waals surface area (Å²) >= 11 is 0. The van der Waals surface area contributed by atoms with Crippen LogP contribution in [0, 0.1) is 0 Å². The standard InChI is InChI=1S/C14H15N3O/c18-14(10-17-8-4-7-15-17)16-13-9-12(13)11-5-2-1-3-6-11/h1-8,12-13H,9-10H2,(H,16,18)/t12-,13+/m0/s1. The molecule has 4 nitrogen and oxygen atoms in total. The minimum Gasteiger partial charge on any atom is -0.351 e. The van der Waals surface area contributed by atoms with E-state index >= 15 is 0 Å². The molecule has 0 spiro atoms. The van der Waals surface area contributed by atoms with Crippen molar-refractivity contribution in [3.05, 3.63) is 54.4 Å². The van der Waals surface area contributed by atoms with Crippen LogP contribution in [0.2, 0.25) is 0 Å². The molecule has 1 N–H and O–H groups in total. The summed E-state index contributed by atoms with van der Waals surface area (Å²) < 4.78 is 1.63. The maximum absolute atomic E-state index is 11.8. The van der Waals surface area contributed by atoms with E-state index in [-0.39, 0.29) is 11.9 Å². The van der Waals surface area contributed by atoms with Gasteiger partial charge in [0.15, 0.2) is 0 Å². The highest BCUT2D eigenvalue weighted by atomic mass is 16.2. The van der Waals surface area contributed by atoms with Gasteiger partial charge in [0.1, 0.15) is 6.54 Å². The molecule has 4 heteroatoms. The van der Waals surface area contributed by atoms with E-state index in [2.05, 4.69) is 22.5 Å². The number of amides is 1. The minimum absolute atomic E-state index is 0.0298. The Kier molecular flexibility index (Phi) is 2.84. The summed E-state index contributed by atoms with van der Waals surface area (Å²) in [5, 5.41) is 7.06. The molecule has 1 saturated carbocycles. The molecule has 0 unspecified atom stereocenters. The van der Waals surface area contributed by atoms with Crippen molar-refractivity contribution in [3.8, 4) is 0 Å². The Morgan fingerprint density at radius 3 is 2.89 bits per heavy atom. The first-order chi connectivity index (χ1) is 8.83. The van der Waals surface area contributed by atoms with Crippen molar-refractivity contribution in [2.45, 2.75) is 24.9 Å². The Bertz CT molecular complexity index is 521. The highest BCUT2D eigenvalue weighted by Gasteiger charge is 2.39. The van der Waals surface area contributed by atoms with Crippen LogP contribution in [0.1, 0.15) is 17.9 Å². The number of hydrogen-bond acceptors (Lipinski definition) is 2. The van der Waals surface area contributed by atoms with Crippen molar-refractivity contribution in [1.82, 2.24) is 15.1 Å². The monoisotopic (exact) mass is 241 g/mol. The SMILES string of the molecule is O=C(Cn1cccn1)N[C@@H]1C[C@H]1c1ccccc1. The molecular formula is C14H15N3O. The predicted octanol–water partition coefficient (Wildman–Crippen LogP) is 1.56. The highest BCUT2D eigenvalue weighted by molar-refractivity contribution is 5.76. The smallest absolute Gasteiger partial charge is 0.241 e. The first kappa shape index (κ1) is 11.0. The normalized spacial score (nSPS) is 21.6. The number of nitrogens with one attached hydrogen (secondary N) is 1. The lowest BCUT2D eigenvalue weighted by Crippen LogP contribution is -2.30. The number of carbonyl (C=O) groups excluding carboxylic acids is 1. The lowest BCUT2D eigenvalue weighted by Gasteiger charge is -2.05. The van der Waals surface area contributed by atoms with Gasteiger partial charge in [0, 0.05) is 24.4 Å². The molecule has 1 aromatic heterocycles. The maximum atomic E-state index is 11.8. The third kappa shape index (κ3) is 2.42. The fraction of sp³-hybridized carbons (Fsp3) is 0.286. The molecule has 1 heterocycles. The molecule has 0 bridgehead atoms. The Balaban J connectivity index is 1.52. The first-order valence-electron chi connectivity index (χ1n) is 6.14. The van der Waals surface area contributed by atoms with Crippen LogP contribution < -0.4 is 5.32 Å². The Hall–Kier alpha value is -2.10. The second kappa shape index (κ2) is 4.64. The van der Waals surface area contributed by atoms with Crippen LogP contribution >= 0.6 is 0 Å². The zero-order valence-corrected chi connectivity index (χ0v) is 9.99. The van der Waals surface area contributed by atoms with Gasteiger partial charge in [0.2, 0.25) is 5.91 Å². The largest absolute Gasteiger partial charge is 0.351 e. The van der Waals surface area contributed by atoms with Crippen molar-refractivity contribution in [1.29, 1.82) is 0 Å². The Labute approximate surface area is 106 Å². The molecule has 2 aromatic rings. The topological polar surface area (TPSA) is 46.9 Å². The zero-order chi connectivity index (χ0) is 12.4. The number of hydrogen-bond donors (Lipinski definition) is 1. The van der Waals surface area contributed by atoms with E-state index in [4.69, 9.17) is 0 Å². The van der Waals surface area contributed by atoms with Crippen LogP contribution in [-0.2, 0) is 11.3 Å². The summed E-state index contributed by atoms with van der Waals surface area (Å²) in [6.07, 6.45) is 4.51. The van der Waals surface area contributed by atoms with E-state index in [9.17, 15) is 4.79 Å². The van der Waals surface area contributed by atoms with Gasteiger partial charge in [-0.25, -0.2) is 0 Å². The maximum Gasteiger partial charge on any atom is 0.241 e. The number of carbonyl (C=O) groups is 1. The number of nitrogens with zero attached hydrogens (tertiary/aromatic N) is 2. The number of aromatic nitrogens is 2. The van der Waals surface area contributed by atoms with Gasteiger partial charge in [0.05, 0.1) is 0 Å². The molecule has 1 aliphatic carbocycles. The summed E-state index contributed by atoms with van der Waals surface area (Å²) in [6.45, 7) is 0.297. The summed E-state index contributed by atoms with van der Waals surface area (Å²) in [7, 11) is 0. The molecule has 18 heavy (non-hydrogen) atoms. The lowest BCUT2D eigenvalue weighted by molar-refractivity contribution is -0.122. The summed E-state index contributed by atoms with van der Waals surface area (Å²) in [5.41, 5.74) is 1.31. The second-order valence-corrected chi connectivity index (χ2v) is 4.63. The fourth-order valence-electron chi connectivity index (χ4n) is 2.22. The van der Waals surface area contributed by atoms with Crippen molar-refractivity contribution < 1.29 is 4.79 Å². The molecule has 92 valence electrons. The van der Waals surface area contributed by atoms with Gasteiger partial charge in [0.25, 0.3) is 0 Å². The summed E-state index contributed by atoms with van der Waals surface area (Å²) in [5.74, 6) is 0.509. The summed E-state index contributed by atoms with van der Waals surface area (Å²) in [4.78, 5) is 11.8. The first-order valence-corrected chi connectivity index (χ1v) is 6.14. The Morgan fingerprint density at radius 2 is 2.17 bits per heavy atom. The predicted molar refractivity (Wildman–Crippen MR) is 68.0 cm³/mol. The van der Waals surface area contributed by atoms with Crippen LogP contribution in [0.25, 0.3) is 0 Å². The number of rotatable bonds is 4. The molecule has 1 aromatic carbocycles. The molecule has 0 aliphatic heterocycles. The molecule has 1 fully saturated rings. The third-order valence-corrected chi connectivity index (χ3v) is 3.23. The van der Waals surface area contributed by atoms with Crippen molar-refractivity contribution in [2.24, 2.45) is 0 Å². The van der Waals surface area contributed by atoms with Crippen LogP contribution in [0.5, 0.6) is 0 Å². The average molecular weight is 241 g/mol. The van der Waals surface area contributed by atoms with Crippen LogP contribution in [0.3, 0.4) is 0 Å². The summed E-state index contributed by atoms with van der Waals surface area (Å²) in [6, 6.07) is 12.4. The van der Waals surface area contributed by atoms with Gasteiger partial charge in [-0.3, -0.25) is 9.48 Å². The van der Waals surface area contributed by atoms with Crippen molar-refractivity contribution in [3.63, 3.8) is 0 Å². The van der Waals surface area contributed by atoms with Crippen LogP contribution in [0.4, 0.5) is 0 Å². The van der Waals surface area contributed by atoms with E-state index < -0.39 is 0 Å². The molecule has 3 rings (SSSR count).